The van der Waals surface area contributed by atoms with E-state index < -0.39 is 5.60 Å². The van der Waals surface area contributed by atoms with Crippen molar-refractivity contribution in [3.05, 3.63) is 29.6 Å². The van der Waals surface area contributed by atoms with Gasteiger partial charge in [0.1, 0.15) is 11.4 Å². The molecule has 0 saturated carbocycles. The minimum atomic E-state index is -0.515. The van der Waals surface area contributed by atoms with Gasteiger partial charge in [0.2, 0.25) is 0 Å². The van der Waals surface area contributed by atoms with Crippen LogP contribution in [0.2, 0.25) is 0 Å². The number of carbonyl (C=O) groups excluding carboxylic acids is 1. The molecule has 0 spiro atoms. The minimum Gasteiger partial charge on any atom is -0.444 e. The SMILES string of the molecule is CN(CCc1cc(F)ccc1S)C(=O)OC(C)(C)C. The highest BCUT2D eigenvalue weighted by molar-refractivity contribution is 7.80. The molecule has 3 nitrogen and oxygen atoms in total. The van der Waals surface area contributed by atoms with Crippen LogP contribution in [-0.2, 0) is 11.2 Å². The predicted octanol–water partition coefficient (Wildman–Crippen LogP) is 3.52. The Kier molecular flexibility index (Phi) is 5.23. The molecule has 0 aromatic heterocycles. The lowest BCUT2D eigenvalue weighted by atomic mass is 10.1. The van der Waals surface area contributed by atoms with Crippen LogP contribution in [0.25, 0.3) is 0 Å². The van der Waals surface area contributed by atoms with E-state index in [1.54, 1.807) is 13.1 Å². The fourth-order valence-corrected chi connectivity index (χ4v) is 1.72. The number of halogens is 1. The van der Waals surface area contributed by atoms with Crippen molar-refractivity contribution in [1.29, 1.82) is 0 Å². The minimum absolute atomic E-state index is 0.298. The summed E-state index contributed by atoms with van der Waals surface area (Å²) in [5.41, 5.74) is 0.262. The van der Waals surface area contributed by atoms with Gasteiger partial charge in [0.25, 0.3) is 0 Å². The molecular weight excluding hydrogens is 265 g/mol. The number of ether oxygens (including phenoxy) is 1. The molecule has 1 aromatic carbocycles. The van der Waals surface area contributed by atoms with Gasteiger partial charge in [0.15, 0.2) is 0 Å². The van der Waals surface area contributed by atoms with E-state index in [2.05, 4.69) is 12.6 Å². The van der Waals surface area contributed by atoms with E-state index in [-0.39, 0.29) is 11.9 Å². The summed E-state index contributed by atoms with van der Waals surface area (Å²) in [5.74, 6) is -0.298. The first-order chi connectivity index (χ1) is 8.69. The highest BCUT2D eigenvalue weighted by atomic mass is 32.1. The van der Waals surface area contributed by atoms with Gasteiger partial charge >= 0.3 is 6.09 Å². The third-order valence-electron chi connectivity index (χ3n) is 2.46. The lowest BCUT2D eigenvalue weighted by molar-refractivity contribution is 0.0300. The molecule has 1 amide bonds. The monoisotopic (exact) mass is 285 g/mol. The van der Waals surface area contributed by atoms with Crippen molar-refractivity contribution < 1.29 is 13.9 Å². The molecule has 106 valence electrons. The summed E-state index contributed by atoms with van der Waals surface area (Å²) in [6, 6.07) is 4.41. The van der Waals surface area contributed by atoms with Gasteiger partial charge in [-0.2, -0.15) is 0 Å². The second-order valence-corrected chi connectivity index (χ2v) is 5.91. The van der Waals surface area contributed by atoms with Crippen molar-refractivity contribution in [2.45, 2.75) is 37.7 Å². The Morgan fingerprint density at radius 2 is 2.05 bits per heavy atom. The van der Waals surface area contributed by atoms with Gasteiger partial charge in [-0.15, -0.1) is 12.6 Å². The van der Waals surface area contributed by atoms with Crippen LogP contribution in [0.5, 0.6) is 0 Å². The second kappa shape index (κ2) is 6.28. The Morgan fingerprint density at radius 3 is 2.63 bits per heavy atom. The van der Waals surface area contributed by atoms with E-state index >= 15 is 0 Å². The zero-order valence-electron chi connectivity index (χ0n) is 11.7. The van der Waals surface area contributed by atoms with Gasteiger partial charge in [0.05, 0.1) is 0 Å². The van der Waals surface area contributed by atoms with Crippen molar-refractivity contribution in [3.63, 3.8) is 0 Å². The van der Waals surface area contributed by atoms with Crippen LogP contribution in [0.1, 0.15) is 26.3 Å². The molecule has 0 N–H and O–H groups in total. The predicted molar refractivity (Wildman–Crippen MR) is 76.2 cm³/mol. The van der Waals surface area contributed by atoms with Crippen molar-refractivity contribution in [2.75, 3.05) is 13.6 Å². The summed E-state index contributed by atoms with van der Waals surface area (Å²) in [6.07, 6.45) is 0.149. The molecule has 0 bridgehead atoms. The number of carbonyl (C=O) groups is 1. The normalized spacial score (nSPS) is 11.3. The number of hydrogen-bond acceptors (Lipinski definition) is 3. The maximum atomic E-state index is 13.1. The van der Waals surface area contributed by atoms with Crippen LogP contribution >= 0.6 is 12.6 Å². The van der Waals surface area contributed by atoms with Crippen molar-refractivity contribution >= 4 is 18.7 Å². The Labute approximate surface area is 119 Å². The molecule has 1 rings (SSSR count). The van der Waals surface area contributed by atoms with Crippen LogP contribution in [0, 0.1) is 5.82 Å². The fourth-order valence-electron chi connectivity index (χ4n) is 1.47. The molecule has 0 fully saturated rings. The van der Waals surface area contributed by atoms with Crippen LogP contribution in [0.3, 0.4) is 0 Å². The first-order valence-corrected chi connectivity index (χ1v) is 6.55. The van der Waals surface area contributed by atoms with E-state index in [4.69, 9.17) is 4.74 Å². The molecule has 0 heterocycles. The first-order valence-electron chi connectivity index (χ1n) is 6.10. The molecule has 19 heavy (non-hydrogen) atoms. The molecule has 1 aromatic rings. The van der Waals surface area contributed by atoms with Crippen LogP contribution in [-0.4, -0.2) is 30.2 Å². The Morgan fingerprint density at radius 1 is 1.42 bits per heavy atom. The van der Waals surface area contributed by atoms with Crippen LogP contribution in [0.4, 0.5) is 9.18 Å². The van der Waals surface area contributed by atoms with Crippen molar-refractivity contribution in [3.8, 4) is 0 Å². The molecule has 0 aliphatic carbocycles. The molecule has 0 unspecified atom stereocenters. The number of amides is 1. The molecule has 0 aliphatic heterocycles. The Balaban J connectivity index is 2.56. The van der Waals surface area contributed by atoms with E-state index in [0.717, 1.165) is 10.5 Å². The zero-order chi connectivity index (χ0) is 14.6. The van der Waals surface area contributed by atoms with Gasteiger partial charge in [-0.05, 0) is 51.0 Å². The van der Waals surface area contributed by atoms with E-state index in [9.17, 15) is 9.18 Å². The first kappa shape index (κ1) is 15.8. The highest BCUT2D eigenvalue weighted by Crippen LogP contribution is 2.16. The zero-order valence-corrected chi connectivity index (χ0v) is 12.6. The molecule has 0 radical (unpaired) electrons. The van der Waals surface area contributed by atoms with E-state index in [1.807, 2.05) is 20.8 Å². The fraction of sp³-hybridized carbons (Fsp3) is 0.500. The van der Waals surface area contributed by atoms with E-state index in [0.29, 0.717) is 13.0 Å². The number of hydrogen-bond donors (Lipinski definition) is 1. The van der Waals surface area contributed by atoms with Gasteiger partial charge < -0.3 is 9.64 Å². The average Bonchev–Trinajstić information content (AvgIpc) is 2.27. The Hall–Kier alpha value is -1.23. The number of rotatable bonds is 3. The topological polar surface area (TPSA) is 29.5 Å². The van der Waals surface area contributed by atoms with Crippen molar-refractivity contribution in [1.82, 2.24) is 4.90 Å². The number of nitrogens with zero attached hydrogens (tertiary/aromatic N) is 1. The molecule has 5 heteroatoms. The summed E-state index contributed by atoms with van der Waals surface area (Å²) >= 11 is 4.27. The second-order valence-electron chi connectivity index (χ2n) is 5.42. The molecular formula is C14H20FNO2S. The smallest absolute Gasteiger partial charge is 0.410 e. The summed E-state index contributed by atoms with van der Waals surface area (Å²) < 4.78 is 18.3. The summed E-state index contributed by atoms with van der Waals surface area (Å²) in [5, 5.41) is 0. The number of likely N-dealkylation sites (N-methyl/N-ethyl adjacent to an activating group) is 1. The number of thiol groups is 1. The summed E-state index contributed by atoms with van der Waals surface area (Å²) in [4.78, 5) is 13.9. The molecule has 0 aliphatic rings. The quantitative estimate of drug-likeness (QED) is 0.861. The summed E-state index contributed by atoms with van der Waals surface area (Å²) in [7, 11) is 1.66. The third kappa shape index (κ3) is 5.51. The largest absolute Gasteiger partial charge is 0.444 e. The van der Waals surface area contributed by atoms with Crippen LogP contribution < -0.4 is 0 Å². The van der Waals surface area contributed by atoms with E-state index in [1.165, 1.54) is 17.0 Å². The maximum Gasteiger partial charge on any atom is 0.410 e. The van der Waals surface area contributed by atoms with Gasteiger partial charge in [-0.3, -0.25) is 0 Å². The van der Waals surface area contributed by atoms with Gasteiger partial charge in [0, 0.05) is 18.5 Å². The average molecular weight is 285 g/mol. The standard InChI is InChI=1S/C14H20FNO2S/c1-14(2,3)18-13(17)16(4)8-7-10-9-11(15)5-6-12(10)19/h5-6,9,19H,7-8H2,1-4H3. The highest BCUT2D eigenvalue weighted by Gasteiger charge is 2.19. The third-order valence-corrected chi connectivity index (χ3v) is 2.90. The maximum absolute atomic E-state index is 13.1. The van der Waals surface area contributed by atoms with Gasteiger partial charge in [-0.1, -0.05) is 0 Å². The summed E-state index contributed by atoms with van der Waals surface area (Å²) in [6.45, 7) is 5.90. The van der Waals surface area contributed by atoms with Crippen LogP contribution in [0.15, 0.2) is 23.1 Å². The van der Waals surface area contributed by atoms with Gasteiger partial charge in [-0.25, -0.2) is 9.18 Å². The van der Waals surface area contributed by atoms with Crippen molar-refractivity contribution in [2.24, 2.45) is 0 Å². The molecule has 0 saturated heterocycles. The number of benzene rings is 1. The lowest BCUT2D eigenvalue weighted by Crippen LogP contribution is -2.35. The Bertz CT molecular complexity index is 457. The lowest BCUT2D eigenvalue weighted by Gasteiger charge is -2.24. The molecule has 0 atom stereocenters.